The van der Waals surface area contributed by atoms with Gasteiger partial charge in [0, 0.05) is 32.4 Å². The molecule has 0 radical (unpaired) electrons. The van der Waals surface area contributed by atoms with E-state index in [0.717, 1.165) is 16.6 Å². The van der Waals surface area contributed by atoms with E-state index in [1.807, 2.05) is 0 Å². The number of rotatable bonds is 6. The zero-order valence-electron chi connectivity index (χ0n) is 12.4. The highest BCUT2D eigenvalue weighted by Gasteiger charge is 2.09. The summed E-state index contributed by atoms with van der Waals surface area (Å²) in [6.45, 7) is 7.56. The molecule has 0 spiro atoms. The Kier molecular flexibility index (Phi) is 5.79. The van der Waals surface area contributed by atoms with Gasteiger partial charge in [0.25, 0.3) is 0 Å². The minimum absolute atomic E-state index is 0.275. The number of nitrogens with one attached hydrogen (secondary N) is 1. The molecule has 2 nitrogen and oxygen atoms in total. The van der Waals surface area contributed by atoms with Crippen molar-refractivity contribution >= 4 is 27.3 Å². The van der Waals surface area contributed by atoms with Crippen molar-refractivity contribution in [3.05, 3.63) is 49.9 Å². The summed E-state index contributed by atoms with van der Waals surface area (Å²) in [6.07, 6.45) is 0. The summed E-state index contributed by atoms with van der Waals surface area (Å²) in [5, 5.41) is 3.40. The summed E-state index contributed by atoms with van der Waals surface area (Å²) in [7, 11) is 0. The molecule has 1 N–H and O–H groups in total. The molecule has 1 heterocycles. The van der Waals surface area contributed by atoms with Gasteiger partial charge >= 0.3 is 0 Å². The third-order valence-electron chi connectivity index (χ3n) is 3.03. The van der Waals surface area contributed by atoms with Crippen LogP contribution in [-0.2, 0) is 13.2 Å². The van der Waals surface area contributed by atoms with E-state index in [4.69, 9.17) is 4.74 Å². The lowest BCUT2D eigenvalue weighted by Crippen LogP contribution is -2.21. The highest BCUT2D eigenvalue weighted by Crippen LogP contribution is 2.26. The zero-order chi connectivity index (χ0) is 15.4. The standard InChI is InChI=1S/C16H19BrFNOS/c1-10(2)19-8-14-6-12(11(3)21-14)9-20-16-7-13(17)4-5-15(16)18/h4-7,10,19H,8-9H2,1-3H3. The van der Waals surface area contributed by atoms with E-state index in [2.05, 4.69) is 48.1 Å². The van der Waals surface area contributed by atoms with Crippen LogP contribution in [0.2, 0.25) is 0 Å². The van der Waals surface area contributed by atoms with E-state index in [1.54, 1.807) is 23.5 Å². The maximum Gasteiger partial charge on any atom is 0.165 e. The van der Waals surface area contributed by atoms with Gasteiger partial charge in [0.1, 0.15) is 6.61 Å². The summed E-state index contributed by atoms with van der Waals surface area (Å²) < 4.78 is 20.0. The lowest BCUT2D eigenvalue weighted by molar-refractivity contribution is 0.290. The Hall–Kier alpha value is -0.910. The molecule has 0 fully saturated rings. The van der Waals surface area contributed by atoms with Gasteiger partial charge in [0.2, 0.25) is 0 Å². The molecule has 1 aromatic carbocycles. The van der Waals surface area contributed by atoms with Crippen LogP contribution in [0.5, 0.6) is 5.75 Å². The summed E-state index contributed by atoms with van der Waals surface area (Å²) in [5.74, 6) is -0.0652. The monoisotopic (exact) mass is 371 g/mol. The third kappa shape index (κ3) is 4.80. The summed E-state index contributed by atoms with van der Waals surface area (Å²) in [4.78, 5) is 2.49. The zero-order valence-corrected chi connectivity index (χ0v) is 14.8. The average Bonchev–Trinajstić information content (AvgIpc) is 2.78. The second-order valence-electron chi connectivity index (χ2n) is 5.19. The number of hydrogen-bond acceptors (Lipinski definition) is 3. The van der Waals surface area contributed by atoms with Crippen LogP contribution >= 0.6 is 27.3 Å². The third-order valence-corrected chi connectivity index (χ3v) is 4.62. The second kappa shape index (κ2) is 7.38. The molecule has 2 rings (SSSR count). The number of halogens is 2. The molecule has 0 bridgehead atoms. The van der Waals surface area contributed by atoms with Crippen LogP contribution in [0.3, 0.4) is 0 Å². The number of thiophene rings is 1. The molecule has 114 valence electrons. The highest BCUT2D eigenvalue weighted by atomic mass is 79.9. The van der Waals surface area contributed by atoms with Crippen molar-refractivity contribution in [2.24, 2.45) is 0 Å². The van der Waals surface area contributed by atoms with E-state index >= 15 is 0 Å². The van der Waals surface area contributed by atoms with Crippen molar-refractivity contribution in [3.8, 4) is 5.75 Å². The summed E-state index contributed by atoms with van der Waals surface area (Å²) in [6, 6.07) is 7.30. The Morgan fingerprint density at radius 1 is 1.33 bits per heavy atom. The van der Waals surface area contributed by atoms with Crippen LogP contribution in [0.25, 0.3) is 0 Å². The van der Waals surface area contributed by atoms with Crippen LogP contribution in [-0.4, -0.2) is 6.04 Å². The van der Waals surface area contributed by atoms with Gasteiger partial charge in [-0.3, -0.25) is 0 Å². The molecule has 5 heteroatoms. The predicted octanol–water partition coefficient (Wildman–Crippen LogP) is 5.04. The summed E-state index contributed by atoms with van der Waals surface area (Å²) in [5.41, 5.74) is 1.11. The normalized spacial score (nSPS) is 11.1. The number of ether oxygens (including phenoxy) is 1. The Labute approximate surface area is 137 Å². The molecule has 0 amide bonds. The van der Waals surface area contributed by atoms with Gasteiger partial charge in [-0.15, -0.1) is 11.3 Å². The first kappa shape index (κ1) is 16.5. The molecule has 0 aliphatic rings. The van der Waals surface area contributed by atoms with E-state index in [-0.39, 0.29) is 11.6 Å². The van der Waals surface area contributed by atoms with Crippen molar-refractivity contribution in [3.63, 3.8) is 0 Å². The highest BCUT2D eigenvalue weighted by molar-refractivity contribution is 9.10. The van der Waals surface area contributed by atoms with Crippen LogP contribution in [0.4, 0.5) is 4.39 Å². The Balaban J connectivity index is 2.01. The smallest absolute Gasteiger partial charge is 0.165 e. The molecule has 0 aliphatic heterocycles. The van der Waals surface area contributed by atoms with Gasteiger partial charge in [-0.25, -0.2) is 4.39 Å². The molecule has 2 aromatic rings. The minimum Gasteiger partial charge on any atom is -0.486 e. The van der Waals surface area contributed by atoms with Crippen LogP contribution < -0.4 is 10.1 Å². The molecular weight excluding hydrogens is 353 g/mol. The van der Waals surface area contributed by atoms with Gasteiger partial charge in [-0.2, -0.15) is 0 Å². The second-order valence-corrected chi connectivity index (χ2v) is 7.45. The van der Waals surface area contributed by atoms with Crippen LogP contribution in [0, 0.1) is 12.7 Å². The van der Waals surface area contributed by atoms with E-state index in [9.17, 15) is 4.39 Å². The number of benzene rings is 1. The molecule has 21 heavy (non-hydrogen) atoms. The average molecular weight is 372 g/mol. The first-order chi connectivity index (χ1) is 9.95. The van der Waals surface area contributed by atoms with Crippen molar-refractivity contribution in [2.75, 3.05) is 0 Å². The Morgan fingerprint density at radius 2 is 2.10 bits per heavy atom. The maximum absolute atomic E-state index is 13.6. The SMILES string of the molecule is Cc1sc(CNC(C)C)cc1COc1cc(Br)ccc1F. The molecule has 0 unspecified atom stereocenters. The molecule has 0 saturated carbocycles. The van der Waals surface area contributed by atoms with Crippen molar-refractivity contribution in [1.82, 2.24) is 5.32 Å². The molecule has 0 atom stereocenters. The number of hydrogen-bond donors (Lipinski definition) is 1. The fourth-order valence-electron chi connectivity index (χ4n) is 1.87. The minimum atomic E-state index is -0.340. The van der Waals surface area contributed by atoms with E-state index in [0.29, 0.717) is 12.6 Å². The fraction of sp³-hybridized carbons (Fsp3) is 0.375. The quantitative estimate of drug-likeness (QED) is 0.768. The first-order valence-corrected chi connectivity index (χ1v) is 8.46. The Bertz CT molecular complexity index is 612. The van der Waals surface area contributed by atoms with Crippen LogP contribution in [0.1, 0.15) is 29.2 Å². The van der Waals surface area contributed by atoms with Gasteiger partial charge in [-0.1, -0.05) is 29.8 Å². The predicted molar refractivity (Wildman–Crippen MR) is 89.5 cm³/mol. The maximum atomic E-state index is 13.6. The lowest BCUT2D eigenvalue weighted by Gasteiger charge is -2.07. The largest absolute Gasteiger partial charge is 0.486 e. The molecule has 1 aromatic heterocycles. The topological polar surface area (TPSA) is 21.3 Å². The fourth-order valence-corrected chi connectivity index (χ4v) is 3.21. The van der Waals surface area contributed by atoms with E-state index in [1.165, 1.54) is 15.8 Å². The summed E-state index contributed by atoms with van der Waals surface area (Å²) >= 11 is 5.08. The van der Waals surface area contributed by atoms with Crippen molar-refractivity contribution < 1.29 is 9.13 Å². The molecular formula is C16H19BrFNOS. The first-order valence-electron chi connectivity index (χ1n) is 6.85. The van der Waals surface area contributed by atoms with Crippen LogP contribution in [0.15, 0.2) is 28.7 Å². The molecule has 0 aliphatic carbocycles. The Morgan fingerprint density at radius 3 is 2.81 bits per heavy atom. The van der Waals surface area contributed by atoms with Crippen molar-refractivity contribution in [1.29, 1.82) is 0 Å². The van der Waals surface area contributed by atoms with E-state index < -0.39 is 0 Å². The van der Waals surface area contributed by atoms with Gasteiger partial charge in [0.15, 0.2) is 11.6 Å². The molecule has 0 saturated heterocycles. The lowest BCUT2D eigenvalue weighted by atomic mass is 10.2. The van der Waals surface area contributed by atoms with Crippen molar-refractivity contribution in [2.45, 2.75) is 40.0 Å². The van der Waals surface area contributed by atoms with Gasteiger partial charge < -0.3 is 10.1 Å². The van der Waals surface area contributed by atoms with Gasteiger partial charge in [0.05, 0.1) is 0 Å². The van der Waals surface area contributed by atoms with Gasteiger partial charge in [-0.05, 0) is 31.2 Å². The number of aryl methyl sites for hydroxylation is 1.